The van der Waals surface area contributed by atoms with Gasteiger partial charge in [-0.2, -0.15) is 12.6 Å². The van der Waals surface area contributed by atoms with Crippen LogP contribution in [0.3, 0.4) is 0 Å². The SMILES string of the molecule is NC(=O)CCC(N)C(=O)NC(CS)C(=O)N1CCCC1C(=O)NC(Cc1c[nH]c2ccccc12)C(=O)O. The van der Waals surface area contributed by atoms with Crippen molar-refractivity contribution < 1.29 is 29.1 Å². The summed E-state index contributed by atoms with van der Waals surface area (Å²) < 4.78 is 0. The number of benzene rings is 1. The third-order valence-corrected chi connectivity index (χ3v) is 6.75. The van der Waals surface area contributed by atoms with Crippen molar-refractivity contribution in [2.45, 2.75) is 56.3 Å². The first kappa shape index (κ1) is 28.0. The van der Waals surface area contributed by atoms with Gasteiger partial charge >= 0.3 is 5.97 Å². The van der Waals surface area contributed by atoms with Crippen molar-refractivity contribution in [3.8, 4) is 0 Å². The van der Waals surface area contributed by atoms with Gasteiger partial charge in [0, 0.05) is 42.2 Å². The van der Waals surface area contributed by atoms with E-state index in [9.17, 15) is 29.1 Å². The smallest absolute Gasteiger partial charge is 0.326 e. The average molecular weight is 533 g/mol. The molecule has 2 heterocycles. The van der Waals surface area contributed by atoms with Gasteiger partial charge in [0.2, 0.25) is 23.6 Å². The van der Waals surface area contributed by atoms with E-state index in [0.717, 1.165) is 16.5 Å². The lowest BCUT2D eigenvalue weighted by molar-refractivity contribution is -0.144. The van der Waals surface area contributed by atoms with Crippen molar-refractivity contribution in [2.24, 2.45) is 11.5 Å². The maximum Gasteiger partial charge on any atom is 0.326 e. The molecule has 0 bridgehead atoms. The number of nitrogens with one attached hydrogen (secondary N) is 3. The highest BCUT2D eigenvalue weighted by molar-refractivity contribution is 7.80. The van der Waals surface area contributed by atoms with Crippen LogP contribution >= 0.6 is 12.6 Å². The number of primary amides is 1. The molecule has 12 nitrogen and oxygen atoms in total. The molecular formula is C24H32N6O6S. The second-order valence-corrected chi connectivity index (χ2v) is 9.37. The standard InChI is InChI=1S/C24H32N6O6S/c25-15(7-8-20(26)31)21(32)29-18(12-37)23(34)30-9-3-6-19(30)22(33)28-17(24(35)36)10-13-11-27-16-5-2-1-4-14(13)16/h1-2,4-5,11,15,17-19,27,37H,3,6-10,12,25H2,(H2,26,31)(H,28,33)(H,29,32)(H,35,36). The molecule has 1 fully saturated rings. The minimum atomic E-state index is -1.20. The Kier molecular flexibility index (Phi) is 9.53. The Balaban J connectivity index is 1.65. The van der Waals surface area contributed by atoms with Gasteiger partial charge < -0.3 is 37.1 Å². The summed E-state index contributed by atoms with van der Waals surface area (Å²) in [5.41, 5.74) is 12.5. The maximum atomic E-state index is 13.2. The lowest BCUT2D eigenvalue weighted by Gasteiger charge is -2.29. The van der Waals surface area contributed by atoms with E-state index in [2.05, 4.69) is 28.2 Å². The van der Waals surface area contributed by atoms with E-state index in [0.29, 0.717) is 12.8 Å². The number of aliphatic carboxylic acids is 1. The highest BCUT2D eigenvalue weighted by Crippen LogP contribution is 2.21. The number of thiol groups is 1. The number of carboxylic acids is 1. The molecule has 1 saturated heterocycles. The number of carboxylic acid groups (broad SMARTS) is 1. The number of amides is 4. The lowest BCUT2D eigenvalue weighted by atomic mass is 10.0. The van der Waals surface area contributed by atoms with Gasteiger partial charge in [0.25, 0.3) is 0 Å². The first-order valence-electron chi connectivity index (χ1n) is 12.0. The highest BCUT2D eigenvalue weighted by Gasteiger charge is 2.39. The third kappa shape index (κ3) is 7.01. The fourth-order valence-electron chi connectivity index (χ4n) is 4.38. The summed E-state index contributed by atoms with van der Waals surface area (Å²) in [7, 11) is 0. The Hall–Kier alpha value is -3.58. The van der Waals surface area contributed by atoms with Crippen LogP contribution in [0.25, 0.3) is 10.9 Å². The number of para-hydroxylation sites is 1. The Bertz CT molecular complexity index is 1170. The number of H-pyrrole nitrogens is 1. The van der Waals surface area contributed by atoms with Crippen LogP contribution in [-0.2, 0) is 30.4 Å². The Morgan fingerprint density at radius 1 is 1.16 bits per heavy atom. The molecule has 1 aliphatic rings. The second kappa shape index (κ2) is 12.6. The molecular weight excluding hydrogens is 500 g/mol. The molecule has 0 spiro atoms. The number of likely N-dealkylation sites (tertiary alicyclic amines) is 1. The van der Waals surface area contributed by atoms with Gasteiger partial charge in [-0.05, 0) is 30.9 Å². The van der Waals surface area contributed by atoms with Crippen molar-refractivity contribution >= 4 is 53.1 Å². The average Bonchev–Trinajstić information content (AvgIpc) is 3.52. The minimum absolute atomic E-state index is 0.0242. The quantitative estimate of drug-likeness (QED) is 0.175. The zero-order valence-electron chi connectivity index (χ0n) is 20.2. The monoisotopic (exact) mass is 532 g/mol. The molecule has 200 valence electrons. The summed E-state index contributed by atoms with van der Waals surface area (Å²) in [5.74, 6) is -3.58. The number of carbonyl (C=O) groups is 5. The van der Waals surface area contributed by atoms with Crippen molar-refractivity contribution in [3.05, 3.63) is 36.0 Å². The number of aromatic nitrogens is 1. The number of hydrogen-bond donors (Lipinski definition) is 7. The Morgan fingerprint density at radius 3 is 2.57 bits per heavy atom. The first-order valence-corrected chi connectivity index (χ1v) is 12.6. The van der Waals surface area contributed by atoms with Gasteiger partial charge in [-0.1, -0.05) is 18.2 Å². The summed E-state index contributed by atoms with van der Waals surface area (Å²) in [4.78, 5) is 66.0. The van der Waals surface area contributed by atoms with E-state index < -0.39 is 53.8 Å². The number of nitrogens with zero attached hydrogens (tertiary/aromatic N) is 1. The third-order valence-electron chi connectivity index (χ3n) is 6.39. The molecule has 0 saturated carbocycles. The summed E-state index contributed by atoms with van der Waals surface area (Å²) in [6.45, 7) is 0.269. The van der Waals surface area contributed by atoms with Crippen LogP contribution in [-0.4, -0.2) is 81.1 Å². The van der Waals surface area contributed by atoms with Crippen LogP contribution in [0.2, 0.25) is 0 Å². The van der Waals surface area contributed by atoms with Crippen molar-refractivity contribution in [1.82, 2.24) is 20.5 Å². The Morgan fingerprint density at radius 2 is 1.89 bits per heavy atom. The number of hydrogen-bond acceptors (Lipinski definition) is 7. The molecule has 13 heteroatoms. The van der Waals surface area contributed by atoms with Crippen molar-refractivity contribution in [2.75, 3.05) is 12.3 Å². The van der Waals surface area contributed by atoms with Crippen molar-refractivity contribution in [3.63, 3.8) is 0 Å². The summed E-state index contributed by atoms with van der Waals surface area (Å²) >= 11 is 4.16. The highest BCUT2D eigenvalue weighted by atomic mass is 32.1. The van der Waals surface area contributed by atoms with E-state index in [1.165, 1.54) is 4.90 Å². The molecule has 4 unspecified atom stereocenters. The zero-order valence-corrected chi connectivity index (χ0v) is 21.1. The van der Waals surface area contributed by atoms with Gasteiger partial charge in [0.1, 0.15) is 18.1 Å². The molecule has 0 aliphatic carbocycles. The number of aromatic amines is 1. The van der Waals surface area contributed by atoms with Gasteiger partial charge in [-0.25, -0.2) is 4.79 Å². The maximum absolute atomic E-state index is 13.2. The molecule has 2 aromatic rings. The molecule has 3 rings (SSSR count). The molecule has 4 atom stereocenters. The van der Waals surface area contributed by atoms with E-state index in [1.54, 1.807) is 6.20 Å². The second-order valence-electron chi connectivity index (χ2n) is 9.01. The van der Waals surface area contributed by atoms with E-state index >= 15 is 0 Å². The fourth-order valence-corrected chi connectivity index (χ4v) is 4.63. The summed E-state index contributed by atoms with van der Waals surface area (Å²) in [6, 6.07) is 3.26. The zero-order chi connectivity index (χ0) is 27.1. The van der Waals surface area contributed by atoms with Gasteiger partial charge in [0.15, 0.2) is 0 Å². The van der Waals surface area contributed by atoms with E-state index in [1.807, 2.05) is 24.3 Å². The van der Waals surface area contributed by atoms with Gasteiger partial charge in [0.05, 0.1) is 6.04 Å². The lowest BCUT2D eigenvalue weighted by Crippen LogP contribution is -2.57. The predicted molar refractivity (Wildman–Crippen MR) is 138 cm³/mol. The van der Waals surface area contributed by atoms with Crippen LogP contribution in [0.1, 0.15) is 31.2 Å². The number of fused-ring (bicyclic) bond motifs is 1. The van der Waals surface area contributed by atoms with Crippen LogP contribution in [0.4, 0.5) is 0 Å². The van der Waals surface area contributed by atoms with Gasteiger partial charge in [-0.3, -0.25) is 19.2 Å². The molecule has 37 heavy (non-hydrogen) atoms. The summed E-state index contributed by atoms with van der Waals surface area (Å²) in [6.07, 6.45) is 2.61. The van der Waals surface area contributed by atoms with Crippen molar-refractivity contribution in [1.29, 1.82) is 0 Å². The molecule has 8 N–H and O–H groups in total. The molecule has 1 aliphatic heterocycles. The normalized spacial score (nSPS) is 17.7. The summed E-state index contributed by atoms with van der Waals surface area (Å²) in [5, 5.41) is 15.7. The predicted octanol–water partition coefficient (Wildman–Crippen LogP) is -0.722. The Labute approximate surface area is 218 Å². The van der Waals surface area contributed by atoms with Crippen LogP contribution in [0.5, 0.6) is 0 Å². The van der Waals surface area contributed by atoms with E-state index in [4.69, 9.17) is 11.5 Å². The topological polar surface area (TPSA) is 201 Å². The number of nitrogens with two attached hydrogens (primary N) is 2. The molecule has 1 aromatic carbocycles. The molecule has 1 aromatic heterocycles. The minimum Gasteiger partial charge on any atom is -0.480 e. The largest absolute Gasteiger partial charge is 0.480 e. The molecule has 4 amide bonds. The fraction of sp³-hybridized carbons (Fsp3) is 0.458. The van der Waals surface area contributed by atoms with Crippen LogP contribution in [0, 0.1) is 0 Å². The first-order chi connectivity index (χ1) is 17.6. The van der Waals surface area contributed by atoms with Crippen LogP contribution in [0.15, 0.2) is 30.5 Å². The van der Waals surface area contributed by atoms with Crippen LogP contribution < -0.4 is 22.1 Å². The van der Waals surface area contributed by atoms with E-state index in [-0.39, 0.29) is 31.6 Å². The van der Waals surface area contributed by atoms with Gasteiger partial charge in [-0.15, -0.1) is 0 Å². The number of carbonyl (C=O) groups excluding carboxylic acids is 4. The number of rotatable bonds is 12. The molecule has 0 radical (unpaired) electrons.